The summed E-state index contributed by atoms with van der Waals surface area (Å²) in [5, 5.41) is 9.68. The number of ether oxygens (including phenoxy) is 1. The van der Waals surface area contributed by atoms with E-state index in [1.54, 1.807) is 0 Å². The van der Waals surface area contributed by atoms with Gasteiger partial charge in [-0.3, -0.25) is 0 Å². The molecule has 1 N–H and O–H groups in total. The molecule has 0 aliphatic carbocycles. The van der Waals surface area contributed by atoms with E-state index in [4.69, 9.17) is 21.4 Å². The van der Waals surface area contributed by atoms with Crippen molar-refractivity contribution in [3.63, 3.8) is 0 Å². The average molecular weight is 293 g/mol. The van der Waals surface area contributed by atoms with Crippen LogP contribution in [0.4, 0.5) is 0 Å². The fourth-order valence-corrected chi connectivity index (χ4v) is 2.16. The summed E-state index contributed by atoms with van der Waals surface area (Å²) in [5.41, 5.74) is 0.426. The van der Waals surface area contributed by atoms with Crippen molar-refractivity contribution in [1.29, 1.82) is 0 Å². The van der Waals surface area contributed by atoms with Crippen LogP contribution < -0.4 is 0 Å². The third-order valence-electron chi connectivity index (χ3n) is 3.34. The number of carboxylic acid groups (broad SMARTS) is 1. The molecule has 0 spiro atoms. The fraction of sp³-hybridized carbons (Fsp3) is 0.500. The Morgan fingerprint density at radius 3 is 2.42 bits per heavy atom. The Bertz CT molecular complexity index is 415. The first-order valence-corrected chi connectivity index (χ1v) is 6.62. The van der Waals surface area contributed by atoms with Crippen LogP contribution in [0.5, 0.6) is 0 Å². The molecule has 0 radical (unpaired) electrons. The molecule has 1 aliphatic rings. The van der Waals surface area contributed by atoms with Crippen LogP contribution in [0.3, 0.4) is 0 Å². The van der Waals surface area contributed by atoms with Crippen LogP contribution in [0.15, 0.2) is 24.3 Å². The van der Waals surface area contributed by atoms with Gasteiger partial charge in [0.05, 0.1) is 6.61 Å². The molecule has 1 heterocycles. The summed E-state index contributed by atoms with van der Waals surface area (Å²) in [5.74, 6) is -0.819. The second-order valence-electron chi connectivity index (χ2n) is 4.78. The van der Waals surface area contributed by atoms with Crippen molar-refractivity contribution in [2.75, 3.05) is 6.61 Å². The SMILES string of the molecule is O=C(O)C1(CCCCCc2ccc(Cl)cc2)CO1.[NaH]. The number of rotatable bonds is 7. The standard InChI is InChI=1S/C14H17ClO3.Na.H/c15-12-7-5-11(6-8-12)4-2-1-3-9-14(10-18-14)13(16)17;;/h5-8H,1-4,9-10H2,(H,16,17);;. The van der Waals surface area contributed by atoms with Gasteiger partial charge in [0.15, 0.2) is 5.60 Å². The number of halogens is 1. The minimum absolute atomic E-state index is 0. The van der Waals surface area contributed by atoms with Gasteiger partial charge in [-0.25, -0.2) is 4.79 Å². The van der Waals surface area contributed by atoms with Gasteiger partial charge in [0.2, 0.25) is 0 Å². The molecule has 1 fully saturated rings. The first-order valence-electron chi connectivity index (χ1n) is 6.24. The van der Waals surface area contributed by atoms with Gasteiger partial charge in [-0.1, -0.05) is 30.2 Å². The third-order valence-corrected chi connectivity index (χ3v) is 3.59. The molecular formula is C14H18ClNaO3. The molecule has 0 bridgehead atoms. The van der Waals surface area contributed by atoms with E-state index in [1.807, 2.05) is 24.3 Å². The minimum atomic E-state index is -0.847. The number of aryl methyl sites for hydroxylation is 1. The summed E-state index contributed by atoms with van der Waals surface area (Å²) in [4.78, 5) is 10.9. The topological polar surface area (TPSA) is 49.8 Å². The van der Waals surface area contributed by atoms with E-state index in [2.05, 4.69) is 0 Å². The predicted octanol–water partition coefficient (Wildman–Crippen LogP) is 2.65. The monoisotopic (exact) mass is 292 g/mol. The average Bonchev–Trinajstić information content (AvgIpc) is 3.12. The van der Waals surface area contributed by atoms with Gasteiger partial charge in [0, 0.05) is 5.02 Å². The molecule has 1 unspecified atom stereocenters. The number of aliphatic carboxylic acids is 1. The zero-order chi connectivity index (χ0) is 13.0. The molecule has 5 heteroatoms. The quantitative estimate of drug-likeness (QED) is 0.477. The number of benzene rings is 1. The molecular weight excluding hydrogens is 275 g/mol. The first kappa shape index (κ1) is 17.0. The van der Waals surface area contributed by atoms with E-state index >= 15 is 0 Å². The van der Waals surface area contributed by atoms with Crippen LogP contribution in [0.25, 0.3) is 0 Å². The third kappa shape index (κ3) is 5.09. The second kappa shape index (κ2) is 7.65. The zero-order valence-electron chi connectivity index (χ0n) is 10.2. The van der Waals surface area contributed by atoms with E-state index in [1.165, 1.54) is 5.56 Å². The van der Waals surface area contributed by atoms with Crippen molar-refractivity contribution in [3.05, 3.63) is 34.9 Å². The molecule has 1 saturated heterocycles. The summed E-state index contributed by atoms with van der Waals surface area (Å²) in [6, 6.07) is 7.86. The Hall–Kier alpha value is -0.0600. The molecule has 19 heavy (non-hydrogen) atoms. The van der Waals surface area contributed by atoms with Crippen LogP contribution in [-0.4, -0.2) is 52.8 Å². The maximum absolute atomic E-state index is 10.9. The Kier molecular flexibility index (Phi) is 6.84. The summed E-state index contributed by atoms with van der Waals surface area (Å²) >= 11 is 5.81. The molecule has 0 amide bonds. The van der Waals surface area contributed by atoms with Gasteiger partial charge in [0.1, 0.15) is 0 Å². The van der Waals surface area contributed by atoms with Crippen molar-refractivity contribution in [2.24, 2.45) is 0 Å². The summed E-state index contributed by atoms with van der Waals surface area (Å²) in [7, 11) is 0. The normalized spacial score (nSPS) is 20.7. The van der Waals surface area contributed by atoms with Crippen molar-refractivity contribution < 1.29 is 14.6 Å². The number of carboxylic acids is 1. The van der Waals surface area contributed by atoms with Crippen molar-refractivity contribution in [2.45, 2.75) is 37.7 Å². The molecule has 1 aliphatic heterocycles. The van der Waals surface area contributed by atoms with Gasteiger partial charge in [-0.15, -0.1) is 0 Å². The first-order chi connectivity index (χ1) is 8.62. The van der Waals surface area contributed by atoms with E-state index in [-0.39, 0.29) is 29.6 Å². The molecule has 1 aromatic rings. The predicted molar refractivity (Wildman–Crippen MR) is 77.1 cm³/mol. The van der Waals surface area contributed by atoms with Gasteiger partial charge in [-0.2, -0.15) is 0 Å². The number of hydrogen-bond acceptors (Lipinski definition) is 2. The molecule has 0 saturated carbocycles. The van der Waals surface area contributed by atoms with Crippen molar-refractivity contribution in [3.8, 4) is 0 Å². The Morgan fingerprint density at radius 2 is 1.89 bits per heavy atom. The molecule has 100 valence electrons. The van der Waals surface area contributed by atoms with Crippen LogP contribution >= 0.6 is 11.6 Å². The second-order valence-corrected chi connectivity index (χ2v) is 5.21. The maximum atomic E-state index is 10.9. The number of unbranched alkanes of at least 4 members (excludes halogenated alkanes) is 2. The summed E-state index contributed by atoms with van der Waals surface area (Å²) in [6.07, 6.45) is 4.64. The Balaban J connectivity index is 0.00000180. The van der Waals surface area contributed by atoms with Gasteiger partial charge in [-0.05, 0) is 43.4 Å². The zero-order valence-corrected chi connectivity index (χ0v) is 10.9. The Labute approximate surface area is 140 Å². The Morgan fingerprint density at radius 1 is 1.26 bits per heavy atom. The van der Waals surface area contributed by atoms with Crippen LogP contribution in [0, 0.1) is 0 Å². The fourth-order valence-electron chi connectivity index (χ4n) is 2.03. The van der Waals surface area contributed by atoms with Crippen LogP contribution in [0.1, 0.15) is 31.2 Å². The van der Waals surface area contributed by atoms with E-state index < -0.39 is 11.6 Å². The van der Waals surface area contributed by atoms with E-state index in [0.29, 0.717) is 13.0 Å². The summed E-state index contributed by atoms with van der Waals surface area (Å²) in [6.45, 7) is 0.375. The molecule has 1 aromatic carbocycles. The molecule has 3 nitrogen and oxygen atoms in total. The van der Waals surface area contributed by atoms with Crippen molar-refractivity contribution >= 4 is 47.1 Å². The molecule has 1 atom stereocenters. The van der Waals surface area contributed by atoms with E-state index in [0.717, 1.165) is 30.7 Å². The van der Waals surface area contributed by atoms with Crippen LogP contribution in [-0.2, 0) is 16.0 Å². The van der Waals surface area contributed by atoms with E-state index in [9.17, 15) is 4.79 Å². The van der Waals surface area contributed by atoms with Crippen molar-refractivity contribution in [1.82, 2.24) is 0 Å². The van der Waals surface area contributed by atoms with Crippen LogP contribution in [0.2, 0.25) is 5.02 Å². The van der Waals surface area contributed by atoms with Gasteiger partial charge < -0.3 is 9.84 Å². The van der Waals surface area contributed by atoms with Gasteiger partial charge in [0.25, 0.3) is 0 Å². The number of carbonyl (C=O) groups is 1. The number of hydrogen-bond donors (Lipinski definition) is 1. The molecule has 2 rings (SSSR count). The van der Waals surface area contributed by atoms with Gasteiger partial charge >= 0.3 is 35.5 Å². The molecule has 0 aromatic heterocycles. The number of epoxide rings is 1. The summed E-state index contributed by atoms with van der Waals surface area (Å²) < 4.78 is 5.02.